The van der Waals surface area contributed by atoms with Gasteiger partial charge in [0.1, 0.15) is 5.82 Å². The minimum absolute atomic E-state index is 0.0471. The summed E-state index contributed by atoms with van der Waals surface area (Å²) in [5.41, 5.74) is 7.59. The van der Waals surface area contributed by atoms with Crippen LogP contribution in [0, 0.1) is 5.82 Å². The number of hydrogen-bond acceptors (Lipinski definition) is 2. The van der Waals surface area contributed by atoms with Crippen molar-refractivity contribution in [3.05, 3.63) is 64.9 Å². The molecule has 0 saturated heterocycles. The molecule has 94 valence electrons. The van der Waals surface area contributed by atoms with Gasteiger partial charge in [-0.2, -0.15) is 0 Å². The first-order valence-electron chi connectivity index (χ1n) is 5.66. The number of halogens is 2. The van der Waals surface area contributed by atoms with E-state index in [-0.39, 0.29) is 11.9 Å². The second-order valence-electron chi connectivity index (χ2n) is 3.99. The van der Waals surface area contributed by atoms with Crippen LogP contribution in [0.5, 0.6) is 0 Å². The molecule has 0 aromatic heterocycles. The summed E-state index contributed by atoms with van der Waals surface area (Å²) in [4.78, 5) is 0. The van der Waals surface area contributed by atoms with Gasteiger partial charge in [0.05, 0.1) is 6.04 Å². The average Bonchev–Trinajstić information content (AvgIpc) is 2.38. The highest BCUT2D eigenvalue weighted by molar-refractivity contribution is 6.30. The van der Waals surface area contributed by atoms with E-state index in [1.165, 1.54) is 12.1 Å². The summed E-state index contributed by atoms with van der Waals surface area (Å²) in [6.07, 6.45) is 0. The van der Waals surface area contributed by atoms with Crippen molar-refractivity contribution in [3.63, 3.8) is 0 Å². The van der Waals surface area contributed by atoms with Gasteiger partial charge in [0.2, 0.25) is 0 Å². The van der Waals surface area contributed by atoms with Gasteiger partial charge < -0.3 is 11.1 Å². The summed E-state index contributed by atoms with van der Waals surface area (Å²) in [5, 5.41) is 3.92. The predicted molar refractivity (Wildman–Crippen MR) is 73.3 cm³/mol. The zero-order valence-corrected chi connectivity index (χ0v) is 10.5. The van der Waals surface area contributed by atoms with Crippen LogP contribution in [0.1, 0.15) is 11.6 Å². The summed E-state index contributed by atoms with van der Waals surface area (Å²) in [6.45, 7) is 0.428. The standard InChI is InChI=1S/C14H14ClFN2/c15-11-3-1-2-10(8-11)14(9-17)18-13-6-4-12(16)5-7-13/h1-8,14,18H,9,17H2. The zero-order chi connectivity index (χ0) is 13.0. The van der Waals surface area contributed by atoms with Gasteiger partial charge in [-0.05, 0) is 42.0 Å². The normalized spacial score (nSPS) is 12.2. The lowest BCUT2D eigenvalue weighted by Crippen LogP contribution is -2.20. The molecule has 2 nitrogen and oxygen atoms in total. The third-order valence-electron chi connectivity index (χ3n) is 2.67. The lowest BCUT2D eigenvalue weighted by atomic mass is 10.1. The number of rotatable bonds is 4. The van der Waals surface area contributed by atoms with E-state index < -0.39 is 0 Å². The summed E-state index contributed by atoms with van der Waals surface area (Å²) in [5.74, 6) is -0.257. The van der Waals surface area contributed by atoms with Crippen LogP contribution >= 0.6 is 11.6 Å². The second-order valence-corrected chi connectivity index (χ2v) is 4.43. The largest absolute Gasteiger partial charge is 0.377 e. The lowest BCUT2D eigenvalue weighted by molar-refractivity contribution is 0.628. The topological polar surface area (TPSA) is 38.0 Å². The summed E-state index contributed by atoms with van der Waals surface area (Å²) in [7, 11) is 0. The van der Waals surface area contributed by atoms with Crippen molar-refractivity contribution in [2.24, 2.45) is 5.73 Å². The van der Waals surface area contributed by atoms with E-state index >= 15 is 0 Å². The van der Waals surface area contributed by atoms with Gasteiger partial charge in [-0.3, -0.25) is 0 Å². The Labute approximate surface area is 111 Å². The Bertz CT molecular complexity index is 513. The van der Waals surface area contributed by atoms with Crippen molar-refractivity contribution in [3.8, 4) is 0 Å². The summed E-state index contributed by atoms with van der Waals surface area (Å²) >= 11 is 5.95. The smallest absolute Gasteiger partial charge is 0.123 e. The first-order chi connectivity index (χ1) is 8.69. The third kappa shape index (κ3) is 3.22. The number of nitrogens with one attached hydrogen (secondary N) is 1. The fourth-order valence-electron chi connectivity index (χ4n) is 1.75. The zero-order valence-electron chi connectivity index (χ0n) is 9.74. The van der Waals surface area contributed by atoms with E-state index in [9.17, 15) is 4.39 Å². The second kappa shape index (κ2) is 5.85. The van der Waals surface area contributed by atoms with Crippen LogP contribution in [0.3, 0.4) is 0 Å². The molecule has 0 aliphatic heterocycles. The maximum absolute atomic E-state index is 12.8. The quantitative estimate of drug-likeness (QED) is 0.886. The van der Waals surface area contributed by atoms with Crippen LogP contribution in [0.4, 0.5) is 10.1 Å². The number of hydrogen-bond donors (Lipinski definition) is 2. The molecule has 2 aromatic carbocycles. The summed E-state index contributed by atoms with van der Waals surface area (Å²) in [6, 6.07) is 13.7. The predicted octanol–water partition coefficient (Wildman–Crippen LogP) is 3.59. The molecule has 3 N–H and O–H groups in total. The van der Waals surface area contributed by atoms with Crippen LogP contribution < -0.4 is 11.1 Å². The third-order valence-corrected chi connectivity index (χ3v) is 2.91. The van der Waals surface area contributed by atoms with Crippen molar-refractivity contribution in [1.29, 1.82) is 0 Å². The van der Waals surface area contributed by atoms with Crippen LogP contribution in [0.15, 0.2) is 48.5 Å². The molecule has 4 heteroatoms. The molecule has 0 fully saturated rings. The summed E-state index contributed by atoms with van der Waals surface area (Å²) < 4.78 is 12.8. The molecule has 0 aliphatic carbocycles. The Balaban J connectivity index is 2.17. The molecule has 0 radical (unpaired) electrons. The highest BCUT2D eigenvalue weighted by Crippen LogP contribution is 2.21. The molecule has 1 unspecified atom stereocenters. The molecule has 1 atom stereocenters. The number of nitrogens with two attached hydrogens (primary N) is 1. The Morgan fingerprint density at radius 3 is 2.50 bits per heavy atom. The van der Waals surface area contributed by atoms with Gasteiger partial charge in [-0.15, -0.1) is 0 Å². The SMILES string of the molecule is NCC(Nc1ccc(F)cc1)c1cccc(Cl)c1. The first-order valence-corrected chi connectivity index (χ1v) is 6.04. The van der Waals surface area contributed by atoms with Crippen molar-refractivity contribution in [1.82, 2.24) is 0 Å². The highest BCUT2D eigenvalue weighted by Gasteiger charge is 2.09. The molecular weight excluding hydrogens is 251 g/mol. The van der Waals surface area contributed by atoms with E-state index in [2.05, 4.69) is 5.32 Å². The van der Waals surface area contributed by atoms with Crippen LogP contribution in [0.25, 0.3) is 0 Å². The van der Waals surface area contributed by atoms with E-state index in [0.29, 0.717) is 11.6 Å². The van der Waals surface area contributed by atoms with Gasteiger partial charge in [0.25, 0.3) is 0 Å². The van der Waals surface area contributed by atoms with Crippen molar-refractivity contribution < 1.29 is 4.39 Å². The minimum Gasteiger partial charge on any atom is -0.377 e. The molecular formula is C14H14ClFN2. The minimum atomic E-state index is -0.257. The van der Waals surface area contributed by atoms with E-state index in [1.807, 2.05) is 24.3 Å². The van der Waals surface area contributed by atoms with Crippen LogP contribution in [0.2, 0.25) is 5.02 Å². The highest BCUT2D eigenvalue weighted by atomic mass is 35.5. The van der Waals surface area contributed by atoms with Crippen molar-refractivity contribution >= 4 is 17.3 Å². The molecule has 2 aromatic rings. The van der Waals surface area contributed by atoms with E-state index in [1.54, 1.807) is 12.1 Å². The van der Waals surface area contributed by atoms with E-state index in [4.69, 9.17) is 17.3 Å². The lowest BCUT2D eigenvalue weighted by Gasteiger charge is -2.18. The molecule has 18 heavy (non-hydrogen) atoms. The van der Waals surface area contributed by atoms with Crippen molar-refractivity contribution in [2.75, 3.05) is 11.9 Å². The van der Waals surface area contributed by atoms with Gasteiger partial charge in [-0.1, -0.05) is 23.7 Å². The Hall–Kier alpha value is -1.58. The average molecular weight is 265 g/mol. The Morgan fingerprint density at radius 2 is 1.89 bits per heavy atom. The number of anilines is 1. The maximum Gasteiger partial charge on any atom is 0.123 e. The van der Waals surface area contributed by atoms with Gasteiger partial charge in [-0.25, -0.2) is 4.39 Å². The molecule has 0 bridgehead atoms. The first kappa shape index (κ1) is 12.9. The van der Waals surface area contributed by atoms with Gasteiger partial charge in [0.15, 0.2) is 0 Å². The number of benzene rings is 2. The van der Waals surface area contributed by atoms with E-state index in [0.717, 1.165) is 11.3 Å². The van der Waals surface area contributed by atoms with Gasteiger partial charge >= 0.3 is 0 Å². The van der Waals surface area contributed by atoms with Crippen LogP contribution in [-0.4, -0.2) is 6.54 Å². The molecule has 2 rings (SSSR count). The molecule has 0 spiro atoms. The maximum atomic E-state index is 12.8. The Morgan fingerprint density at radius 1 is 1.17 bits per heavy atom. The van der Waals surface area contributed by atoms with Crippen molar-refractivity contribution in [2.45, 2.75) is 6.04 Å². The Kier molecular flexibility index (Phi) is 4.18. The monoisotopic (exact) mass is 264 g/mol. The fourth-order valence-corrected chi connectivity index (χ4v) is 1.95. The molecule has 0 heterocycles. The fraction of sp³-hybridized carbons (Fsp3) is 0.143. The van der Waals surface area contributed by atoms with Crippen LogP contribution in [-0.2, 0) is 0 Å². The molecule has 0 aliphatic rings. The molecule has 0 saturated carbocycles. The van der Waals surface area contributed by atoms with Gasteiger partial charge in [0, 0.05) is 17.3 Å². The molecule has 0 amide bonds.